The van der Waals surface area contributed by atoms with Crippen molar-refractivity contribution in [1.82, 2.24) is 10.2 Å². The molecule has 0 aromatic rings. The molecular formula is C20H40N2O5. The highest BCUT2D eigenvalue weighted by molar-refractivity contribution is 5.77. The van der Waals surface area contributed by atoms with E-state index in [0.29, 0.717) is 59.3 Å². The summed E-state index contributed by atoms with van der Waals surface area (Å²) in [6.45, 7) is 14.2. The molecule has 27 heavy (non-hydrogen) atoms. The van der Waals surface area contributed by atoms with Crippen LogP contribution in [0.2, 0.25) is 0 Å². The van der Waals surface area contributed by atoms with Crippen LogP contribution in [0.5, 0.6) is 0 Å². The fourth-order valence-electron chi connectivity index (χ4n) is 2.30. The van der Waals surface area contributed by atoms with Gasteiger partial charge < -0.3 is 24.3 Å². The lowest BCUT2D eigenvalue weighted by molar-refractivity contribution is -0.122. The number of carbonyl (C=O) groups is 1. The van der Waals surface area contributed by atoms with Crippen LogP contribution in [-0.2, 0) is 23.7 Å². The molecule has 0 fully saturated rings. The second kappa shape index (κ2) is 19.8. The van der Waals surface area contributed by atoms with Gasteiger partial charge in [0.25, 0.3) is 0 Å². The van der Waals surface area contributed by atoms with Gasteiger partial charge in [-0.05, 0) is 20.4 Å². The molecule has 0 atom stereocenters. The molecule has 0 heterocycles. The van der Waals surface area contributed by atoms with Crippen molar-refractivity contribution in [3.8, 4) is 0 Å². The molecule has 1 amide bonds. The van der Waals surface area contributed by atoms with Gasteiger partial charge in [0.2, 0.25) is 5.91 Å². The lowest BCUT2D eigenvalue weighted by atomic mass is 10.3. The number of hydrogen-bond acceptors (Lipinski definition) is 6. The molecule has 0 aliphatic rings. The van der Waals surface area contributed by atoms with Gasteiger partial charge in [0, 0.05) is 19.7 Å². The minimum atomic E-state index is -0.00917. The van der Waals surface area contributed by atoms with Crippen molar-refractivity contribution in [2.45, 2.75) is 33.1 Å². The summed E-state index contributed by atoms with van der Waals surface area (Å²) in [5.74, 6) is -0.00917. The monoisotopic (exact) mass is 388 g/mol. The van der Waals surface area contributed by atoms with Gasteiger partial charge in [-0.15, -0.1) is 0 Å². The van der Waals surface area contributed by atoms with Gasteiger partial charge in [0.1, 0.15) is 0 Å². The van der Waals surface area contributed by atoms with Gasteiger partial charge in [0.15, 0.2) is 0 Å². The fourth-order valence-corrected chi connectivity index (χ4v) is 2.30. The molecule has 7 nitrogen and oxygen atoms in total. The number of likely N-dealkylation sites (N-methyl/N-ethyl adjacent to an activating group) is 1. The summed E-state index contributed by atoms with van der Waals surface area (Å²) in [5, 5.41) is 2.83. The molecule has 0 aliphatic heterocycles. The Morgan fingerprint density at radius 3 is 1.89 bits per heavy atom. The minimum Gasteiger partial charge on any atom is -0.379 e. The number of ether oxygens (including phenoxy) is 4. The lowest BCUT2D eigenvalue weighted by Gasteiger charge is -2.16. The van der Waals surface area contributed by atoms with E-state index in [2.05, 4.69) is 18.8 Å². The van der Waals surface area contributed by atoms with Crippen molar-refractivity contribution >= 4 is 5.91 Å². The minimum absolute atomic E-state index is 0.00917. The molecule has 160 valence electrons. The summed E-state index contributed by atoms with van der Waals surface area (Å²) in [6, 6.07) is 0. The maximum atomic E-state index is 11.7. The van der Waals surface area contributed by atoms with Crippen LogP contribution >= 0.6 is 0 Å². The van der Waals surface area contributed by atoms with Crippen molar-refractivity contribution in [2.24, 2.45) is 0 Å². The second-order valence-electron chi connectivity index (χ2n) is 6.64. The standard InChI is InChI=1S/C20H40N2O5/c1-5-6-7-9-24-11-13-26-15-16-27-14-12-25-10-8-21-20(23)18-22(4)17-19(2)3/h2,5-18H2,1,3-4H3,(H,21,23). The molecule has 0 radical (unpaired) electrons. The van der Waals surface area contributed by atoms with E-state index >= 15 is 0 Å². The van der Waals surface area contributed by atoms with Gasteiger partial charge in [-0.2, -0.15) is 0 Å². The van der Waals surface area contributed by atoms with Gasteiger partial charge in [-0.25, -0.2) is 0 Å². The predicted molar refractivity (Wildman–Crippen MR) is 108 cm³/mol. The third-order valence-electron chi connectivity index (χ3n) is 3.53. The molecule has 0 aliphatic carbocycles. The lowest BCUT2D eigenvalue weighted by Crippen LogP contribution is -2.37. The van der Waals surface area contributed by atoms with Gasteiger partial charge in [-0.1, -0.05) is 31.9 Å². The Bertz CT molecular complexity index is 366. The van der Waals surface area contributed by atoms with Gasteiger partial charge in [-0.3, -0.25) is 9.69 Å². The Labute approximate surface area is 165 Å². The zero-order chi connectivity index (χ0) is 20.2. The van der Waals surface area contributed by atoms with E-state index < -0.39 is 0 Å². The molecule has 0 saturated carbocycles. The van der Waals surface area contributed by atoms with Gasteiger partial charge >= 0.3 is 0 Å². The highest BCUT2D eigenvalue weighted by atomic mass is 16.6. The van der Waals surface area contributed by atoms with Crippen LogP contribution in [-0.4, -0.2) is 90.3 Å². The first-order valence-electron chi connectivity index (χ1n) is 9.96. The first kappa shape index (κ1) is 26.0. The number of hydrogen-bond donors (Lipinski definition) is 1. The maximum absolute atomic E-state index is 11.7. The smallest absolute Gasteiger partial charge is 0.234 e. The molecule has 0 rings (SSSR count). The highest BCUT2D eigenvalue weighted by Gasteiger charge is 2.05. The fraction of sp³-hybridized carbons (Fsp3) is 0.850. The first-order valence-corrected chi connectivity index (χ1v) is 9.96. The van der Waals surface area contributed by atoms with Crippen LogP contribution in [0.25, 0.3) is 0 Å². The molecule has 0 bridgehead atoms. The summed E-state index contributed by atoms with van der Waals surface area (Å²) >= 11 is 0. The van der Waals surface area contributed by atoms with E-state index in [1.165, 1.54) is 12.8 Å². The van der Waals surface area contributed by atoms with E-state index in [9.17, 15) is 4.79 Å². The molecule has 7 heteroatoms. The Morgan fingerprint density at radius 2 is 1.37 bits per heavy atom. The first-order chi connectivity index (χ1) is 13.1. The summed E-state index contributed by atoms with van der Waals surface area (Å²) in [6.07, 6.45) is 3.55. The van der Waals surface area contributed by atoms with Crippen LogP contribution in [0.3, 0.4) is 0 Å². The number of nitrogens with zero attached hydrogens (tertiary/aromatic N) is 1. The maximum Gasteiger partial charge on any atom is 0.234 e. The van der Waals surface area contributed by atoms with E-state index in [-0.39, 0.29) is 5.91 Å². The van der Waals surface area contributed by atoms with Crippen LogP contribution in [0.4, 0.5) is 0 Å². The summed E-state index contributed by atoms with van der Waals surface area (Å²) in [4.78, 5) is 13.6. The SMILES string of the molecule is C=C(C)CN(C)CC(=O)NCCOCCOCCOCCOCCCCC. The zero-order valence-corrected chi connectivity index (χ0v) is 17.6. The molecule has 0 aromatic carbocycles. The van der Waals surface area contributed by atoms with E-state index in [0.717, 1.165) is 25.1 Å². The average molecular weight is 389 g/mol. The van der Waals surface area contributed by atoms with Crippen LogP contribution in [0.15, 0.2) is 12.2 Å². The Morgan fingerprint density at radius 1 is 0.852 bits per heavy atom. The van der Waals surface area contributed by atoms with E-state index in [1.807, 2.05) is 18.9 Å². The van der Waals surface area contributed by atoms with Crippen molar-refractivity contribution < 1.29 is 23.7 Å². The molecule has 0 saturated heterocycles. The van der Waals surface area contributed by atoms with E-state index in [4.69, 9.17) is 18.9 Å². The van der Waals surface area contributed by atoms with Crippen molar-refractivity contribution in [2.75, 3.05) is 79.5 Å². The van der Waals surface area contributed by atoms with Crippen LogP contribution in [0.1, 0.15) is 33.1 Å². The third-order valence-corrected chi connectivity index (χ3v) is 3.53. The number of rotatable bonds is 20. The largest absolute Gasteiger partial charge is 0.379 e. The molecule has 0 aromatic heterocycles. The summed E-state index contributed by atoms with van der Waals surface area (Å²) in [7, 11) is 1.90. The van der Waals surface area contributed by atoms with Crippen molar-refractivity contribution in [1.29, 1.82) is 0 Å². The molecule has 0 spiro atoms. The summed E-state index contributed by atoms with van der Waals surface area (Å²) < 4.78 is 21.7. The second-order valence-corrected chi connectivity index (χ2v) is 6.64. The predicted octanol–water partition coefficient (Wildman–Crippen LogP) is 1.87. The number of unbranched alkanes of at least 4 members (excludes halogenated alkanes) is 2. The Balaban J connectivity index is 3.20. The molecular weight excluding hydrogens is 348 g/mol. The Hall–Kier alpha value is -0.990. The Kier molecular flexibility index (Phi) is 19.0. The quantitative estimate of drug-likeness (QED) is 0.254. The number of carbonyl (C=O) groups excluding carboxylic acids is 1. The van der Waals surface area contributed by atoms with Crippen LogP contribution < -0.4 is 5.32 Å². The van der Waals surface area contributed by atoms with Gasteiger partial charge in [0.05, 0.1) is 52.8 Å². The number of amides is 1. The summed E-state index contributed by atoms with van der Waals surface area (Å²) in [5.41, 5.74) is 1.04. The highest BCUT2D eigenvalue weighted by Crippen LogP contribution is 1.94. The molecule has 1 N–H and O–H groups in total. The zero-order valence-electron chi connectivity index (χ0n) is 17.6. The average Bonchev–Trinajstić information content (AvgIpc) is 2.60. The number of nitrogens with one attached hydrogen (secondary N) is 1. The topological polar surface area (TPSA) is 69.3 Å². The molecule has 0 unspecified atom stereocenters. The van der Waals surface area contributed by atoms with Crippen molar-refractivity contribution in [3.05, 3.63) is 12.2 Å². The third kappa shape index (κ3) is 21.2. The van der Waals surface area contributed by atoms with Crippen LogP contribution in [0, 0.1) is 0 Å². The normalized spacial score (nSPS) is 11.1. The van der Waals surface area contributed by atoms with E-state index in [1.54, 1.807) is 0 Å². The van der Waals surface area contributed by atoms with Crippen molar-refractivity contribution in [3.63, 3.8) is 0 Å².